The largest absolute Gasteiger partial charge is 0.497 e. The van der Waals surface area contributed by atoms with Crippen molar-refractivity contribution in [1.82, 2.24) is 0 Å². The number of carbonyl (C=O) groups excluding carboxylic acids is 2. The van der Waals surface area contributed by atoms with E-state index in [4.69, 9.17) is 9.47 Å². The topological polar surface area (TPSA) is 59.1 Å². The molecule has 0 N–H and O–H groups in total. The fourth-order valence-electron chi connectivity index (χ4n) is 3.48. The summed E-state index contributed by atoms with van der Waals surface area (Å²) >= 11 is 0. The molecule has 0 saturated heterocycles. The summed E-state index contributed by atoms with van der Waals surface area (Å²) in [6, 6.07) is 21.6. The van der Waals surface area contributed by atoms with Crippen molar-refractivity contribution in [3.63, 3.8) is 0 Å². The maximum Gasteiger partial charge on any atom is 0.258 e. The summed E-state index contributed by atoms with van der Waals surface area (Å²) in [7, 11) is 3.19. The van der Waals surface area contributed by atoms with Crippen LogP contribution in [-0.4, -0.2) is 39.1 Å². The number of methoxy groups -OCH3 is 2. The number of ether oxygens (including phenoxy) is 2. The molecule has 166 valence electrons. The van der Waals surface area contributed by atoms with Crippen molar-refractivity contribution in [3.05, 3.63) is 83.9 Å². The molecule has 6 heteroatoms. The fraction of sp³-hybridized carbons (Fsp3) is 0.231. The van der Waals surface area contributed by atoms with Gasteiger partial charge in [0.2, 0.25) is 0 Å². The van der Waals surface area contributed by atoms with Crippen molar-refractivity contribution in [2.24, 2.45) is 0 Å². The summed E-state index contributed by atoms with van der Waals surface area (Å²) < 4.78 is 10.3. The van der Waals surface area contributed by atoms with E-state index in [0.29, 0.717) is 35.7 Å². The molecule has 3 aromatic rings. The molecule has 0 heterocycles. The summed E-state index contributed by atoms with van der Waals surface area (Å²) in [5.41, 5.74) is 2.71. The number of nitrogens with zero attached hydrogens (tertiary/aromatic N) is 2. The Morgan fingerprint density at radius 3 is 1.16 bits per heavy atom. The van der Waals surface area contributed by atoms with Gasteiger partial charge in [0.25, 0.3) is 11.8 Å². The highest BCUT2D eigenvalue weighted by Crippen LogP contribution is 2.24. The standard InChI is InChI=1S/C26H28N2O4/c1-5-27(25(29)19-7-15-23(31-3)16-8-19)21-11-13-22(14-12-21)28(6-2)26(30)20-9-17-24(32-4)18-10-20/h7-18H,5-6H2,1-4H3. The Kier molecular flexibility index (Phi) is 7.49. The second-order valence-corrected chi connectivity index (χ2v) is 7.07. The second-order valence-electron chi connectivity index (χ2n) is 7.07. The third kappa shape index (κ3) is 4.91. The first kappa shape index (κ1) is 22.9. The molecule has 2 amide bonds. The van der Waals surface area contributed by atoms with Crippen molar-refractivity contribution in [2.45, 2.75) is 13.8 Å². The first-order valence-corrected chi connectivity index (χ1v) is 10.5. The minimum atomic E-state index is -0.0930. The molecular formula is C26H28N2O4. The zero-order valence-electron chi connectivity index (χ0n) is 18.9. The molecule has 3 rings (SSSR count). The molecule has 0 aliphatic heterocycles. The van der Waals surface area contributed by atoms with Gasteiger partial charge in [-0.25, -0.2) is 0 Å². The van der Waals surface area contributed by atoms with Gasteiger partial charge in [0.1, 0.15) is 11.5 Å². The molecule has 0 aliphatic rings. The monoisotopic (exact) mass is 432 g/mol. The van der Waals surface area contributed by atoms with Gasteiger partial charge in [-0.1, -0.05) is 0 Å². The maximum absolute atomic E-state index is 13.0. The predicted octanol–water partition coefficient (Wildman–Crippen LogP) is 5.04. The van der Waals surface area contributed by atoms with E-state index in [2.05, 4.69) is 0 Å². The van der Waals surface area contributed by atoms with Crippen LogP contribution in [0.5, 0.6) is 11.5 Å². The number of benzene rings is 3. The van der Waals surface area contributed by atoms with Gasteiger partial charge in [0.05, 0.1) is 14.2 Å². The zero-order valence-corrected chi connectivity index (χ0v) is 18.9. The Bertz CT molecular complexity index is 958. The Morgan fingerprint density at radius 2 is 0.906 bits per heavy atom. The molecule has 0 atom stereocenters. The molecule has 0 aromatic heterocycles. The average molecular weight is 433 g/mol. The van der Waals surface area contributed by atoms with E-state index >= 15 is 0 Å². The van der Waals surface area contributed by atoms with Gasteiger partial charge in [0.15, 0.2) is 0 Å². The molecule has 32 heavy (non-hydrogen) atoms. The summed E-state index contributed by atoms with van der Waals surface area (Å²) in [6.07, 6.45) is 0. The third-order valence-corrected chi connectivity index (χ3v) is 5.27. The van der Waals surface area contributed by atoms with Crippen LogP contribution >= 0.6 is 0 Å². The molecule has 0 unspecified atom stereocenters. The summed E-state index contributed by atoms with van der Waals surface area (Å²) in [6.45, 7) is 4.90. The van der Waals surface area contributed by atoms with E-state index in [9.17, 15) is 9.59 Å². The summed E-state index contributed by atoms with van der Waals surface area (Å²) in [4.78, 5) is 29.4. The fourth-order valence-corrected chi connectivity index (χ4v) is 3.48. The van der Waals surface area contributed by atoms with Crippen LogP contribution in [0.1, 0.15) is 34.6 Å². The molecule has 0 spiro atoms. The average Bonchev–Trinajstić information content (AvgIpc) is 2.85. The third-order valence-electron chi connectivity index (χ3n) is 5.27. The number of hydrogen-bond donors (Lipinski definition) is 0. The van der Waals surface area contributed by atoms with Crippen LogP contribution in [0.2, 0.25) is 0 Å². The lowest BCUT2D eigenvalue weighted by Gasteiger charge is -2.24. The molecule has 0 aliphatic carbocycles. The van der Waals surface area contributed by atoms with Crippen molar-refractivity contribution in [3.8, 4) is 11.5 Å². The van der Waals surface area contributed by atoms with E-state index < -0.39 is 0 Å². The molecule has 0 saturated carbocycles. The quantitative estimate of drug-likeness (QED) is 0.501. The lowest BCUT2D eigenvalue weighted by Crippen LogP contribution is -2.32. The number of carbonyl (C=O) groups is 2. The Labute approximate surface area is 189 Å². The van der Waals surface area contributed by atoms with E-state index in [1.807, 2.05) is 38.1 Å². The van der Waals surface area contributed by atoms with Gasteiger partial charge >= 0.3 is 0 Å². The van der Waals surface area contributed by atoms with Crippen molar-refractivity contribution in [1.29, 1.82) is 0 Å². The Hall–Kier alpha value is -3.80. The molecular weight excluding hydrogens is 404 g/mol. The second kappa shape index (κ2) is 10.5. The van der Waals surface area contributed by atoms with Crippen molar-refractivity contribution in [2.75, 3.05) is 37.1 Å². The number of amides is 2. The number of anilines is 2. The van der Waals surface area contributed by atoms with Gasteiger partial charge in [0, 0.05) is 35.6 Å². The smallest absolute Gasteiger partial charge is 0.258 e. The predicted molar refractivity (Wildman–Crippen MR) is 127 cm³/mol. The zero-order chi connectivity index (χ0) is 23.1. The lowest BCUT2D eigenvalue weighted by molar-refractivity contribution is 0.0979. The van der Waals surface area contributed by atoms with Gasteiger partial charge < -0.3 is 19.3 Å². The lowest BCUT2D eigenvalue weighted by atomic mass is 10.1. The summed E-state index contributed by atoms with van der Waals surface area (Å²) in [5.74, 6) is 1.22. The normalized spacial score (nSPS) is 10.4. The highest BCUT2D eigenvalue weighted by Gasteiger charge is 2.19. The molecule has 3 aromatic carbocycles. The van der Waals surface area contributed by atoms with Crippen molar-refractivity contribution < 1.29 is 19.1 Å². The molecule has 0 bridgehead atoms. The van der Waals surface area contributed by atoms with Crippen LogP contribution in [0.15, 0.2) is 72.8 Å². The van der Waals surface area contributed by atoms with Crippen LogP contribution in [-0.2, 0) is 0 Å². The van der Waals surface area contributed by atoms with Crippen LogP contribution in [0.25, 0.3) is 0 Å². The number of rotatable bonds is 8. The first-order chi connectivity index (χ1) is 15.5. The van der Waals surface area contributed by atoms with Crippen LogP contribution < -0.4 is 19.3 Å². The highest BCUT2D eigenvalue weighted by molar-refractivity contribution is 6.07. The minimum Gasteiger partial charge on any atom is -0.497 e. The van der Waals surface area contributed by atoms with Gasteiger partial charge in [-0.05, 0) is 86.6 Å². The van der Waals surface area contributed by atoms with Crippen LogP contribution in [0.4, 0.5) is 11.4 Å². The van der Waals surface area contributed by atoms with Gasteiger partial charge in [-0.15, -0.1) is 0 Å². The molecule has 6 nitrogen and oxygen atoms in total. The maximum atomic E-state index is 13.0. The highest BCUT2D eigenvalue weighted by atomic mass is 16.5. The van der Waals surface area contributed by atoms with E-state index in [1.165, 1.54) is 0 Å². The molecule has 0 fully saturated rings. The molecule has 0 radical (unpaired) electrons. The van der Waals surface area contributed by atoms with Gasteiger partial charge in [-0.3, -0.25) is 9.59 Å². The van der Waals surface area contributed by atoms with Gasteiger partial charge in [-0.2, -0.15) is 0 Å². The van der Waals surface area contributed by atoms with E-state index in [0.717, 1.165) is 11.4 Å². The first-order valence-electron chi connectivity index (χ1n) is 10.5. The summed E-state index contributed by atoms with van der Waals surface area (Å²) in [5, 5.41) is 0. The Morgan fingerprint density at radius 1 is 0.594 bits per heavy atom. The van der Waals surface area contributed by atoms with Crippen LogP contribution in [0.3, 0.4) is 0 Å². The van der Waals surface area contributed by atoms with Crippen molar-refractivity contribution >= 4 is 23.2 Å². The van der Waals surface area contributed by atoms with E-state index in [-0.39, 0.29) is 11.8 Å². The SMILES string of the molecule is CCN(C(=O)c1ccc(OC)cc1)c1ccc(N(CC)C(=O)c2ccc(OC)cc2)cc1. The number of hydrogen-bond acceptors (Lipinski definition) is 4. The minimum absolute atomic E-state index is 0.0930. The van der Waals surface area contributed by atoms with Crippen LogP contribution in [0, 0.1) is 0 Å². The Balaban J connectivity index is 1.80. The van der Waals surface area contributed by atoms with E-state index in [1.54, 1.807) is 72.6 Å².